The van der Waals surface area contributed by atoms with Crippen LogP contribution in [0, 0.1) is 0 Å². The molecule has 1 aromatic rings. The summed E-state index contributed by atoms with van der Waals surface area (Å²) in [4.78, 5) is 7.05. The standard InChI is InChI=1S/C19H27BrN4O2.HI/c1-21-19(23-14-6-7-24(11-14)15-4-2-3-5-15)22-10-13-8-16(20)18-17(9-13)25-12-26-18;/h8-9,14-15H,2-7,10-12H2,1H3,(H2,21,22,23);1H. The fourth-order valence-electron chi connectivity index (χ4n) is 4.20. The Morgan fingerprint density at radius 2 is 2.07 bits per heavy atom. The SMILES string of the molecule is CN=C(NCc1cc(Br)c2c(c1)OCO2)NC1CCN(C2CCCC2)C1.I. The summed E-state index contributed by atoms with van der Waals surface area (Å²) in [5, 5.41) is 7.00. The van der Waals surface area contributed by atoms with Gasteiger partial charge in [-0.3, -0.25) is 9.89 Å². The molecule has 27 heavy (non-hydrogen) atoms. The Kier molecular flexibility index (Phi) is 7.49. The van der Waals surface area contributed by atoms with Crippen LogP contribution in [0.1, 0.15) is 37.7 Å². The average Bonchev–Trinajstić information content (AvgIpc) is 3.38. The minimum atomic E-state index is 0. The van der Waals surface area contributed by atoms with E-state index in [2.05, 4.69) is 42.5 Å². The van der Waals surface area contributed by atoms with E-state index >= 15 is 0 Å². The van der Waals surface area contributed by atoms with Gasteiger partial charge >= 0.3 is 0 Å². The van der Waals surface area contributed by atoms with E-state index < -0.39 is 0 Å². The van der Waals surface area contributed by atoms with Crippen LogP contribution in [0.3, 0.4) is 0 Å². The lowest BCUT2D eigenvalue weighted by Gasteiger charge is -2.24. The Morgan fingerprint density at radius 1 is 1.26 bits per heavy atom. The van der Waals surface area contributed by atoms with Crippen molar-refractivity contribution < 1.29 is 9.47 Å². The second kappa shape index (κ2) is 9.65. The monoisotopic (exact) mass is 550 g/mol. The molecule has 1 aliphatic carbocycles. The Balaban J connectivity index is 0.00000210. The highest BCUT2D eigenvalue weighted by Crippen LogP contribution is 2.39. The number of halogens is 2. The number of hydrogen-bond donors (Lipinski definition) is 2. The number of fused-ring (bicyclic) bond motifs is 1. The molecule has 4 rings (SSSR count). The zero-order chi connectivity index (χ0) is 17.9. The van der Waals surface area contributed by atoms with Crippen LogP contribution in [-0.4, -0.2) is 49.9 Å². The Bertz CT molecular complexity index is 682. The predicted octanol–water partition coefficient (Wildman–Crippen LogP) is 3.48. The first-order valence-electron chi connectivity index (χ1n) is 9.52. The van der Waals surface area contributed by atoms with Gasteiger partial charge in [-0.1, -0.05) is 12.8 Å². The molecule has 0 aromatic heterocycles. The van der Waals surface area contributed by atoms with Gasteiger partial charge in [0, 0.05) is 38.8 Å². The third-order valence-corrected chi connectivity index (χ3v) is 6.16. The Hall–Kier alpha value is -0.740. The first kappa shape index (κ1) is 21.0. The maximum absolute atomic E-state index is 5.49. The number of hydrogen-bond acceptors (Lipinski definition) is 4. The number of guanidine groups is 1. The molecular weight excluding hydrogens is 523 g/mol. The number of rotatable bonds is 4. The summed E-state index contributed by atoms with van der Waals surface area (Å²) in [6.07, 6.45) is 6.73. The van der Waals surface area contributed by atoms with Gasteiger partial charge in [0.2, 0.25) is 6.79 Å². The van der Waals surface area contributed by atoms with Crippen molar-refractivity contribution >= 4 is 45.9 Å². The van der Waals surface area contributed by atoms with Crippen LogP contribution in [0.25, 0.3) is 0 Å². The zero-order valence-electron chi connectivity index (χ0n) is 15.7. The molecule has 1 atom stereocenters. The van der Waals surface area contributed by atoms with Crippen LogP contribution in [-0.2, 0) is 6.54 Å². The van der Waals surface area contributed by atoms with Crippen LogP contribution in [0.2, 0.25) is 0 Å². The second-order valence-corrected chi connectivity index (χ2v) is 8.15. The molecule has 0 bridgehead atoms. The Labute approximate surface area is 186 Å². The fraction of sp³-hybridized carbons (Fsp3) is 0.632. The summed E-state index contributed by atoms with van der Waals surface area (Å²) in [6, 6.07) is 5.36. The second-order valence-electron chi connectivity index (χ2n) is 7.30. The normalized spacial score (nSPS) is 22.7. The fourth-order valence-corrected chi connectivity index (χ4v) is 4.81. The van der Waals surface area contributed by atoms with Crippen molar-refractivity contribution in [2.45, 2.75) is 50.7 Å². The van der Waals surface area contributed by atoms with Gasteiger partial charge in [0.15, 0.2) is 17.5 Å². The van der Waals surface area contributed by atoms with Crippen molar-refractivity contribution in [1.82, 2.24) is 15.5 Å². The largest absolute Gasteiger partial charge is 0.454 e. The molecule has 2 heterocycles. The highest BCUT2D eigenvalue weighted by atomic mass is 127. The lowest BCUT2D eigenvalue weighted by atomic mass is 10.2. The third-order valence-electron chi connectivity index (χ3n) is 5.57. The van der Waals surface area contributed by atoms with Gasteiger partial charge in [-0.2, -0.15) is 0 Å². The van der Waals surface area contributed by atoms with E-state index in [4.69, 9.17) is 9.47 Å². The molecule has 2 N–H and O–H groups in total. The van der Waals surface area contributed by atoms with Gasteiger partial charge in [0.1, 0.15) is 0 Å². The molecule has 1 unspecified atom stereocenters. The number of aliphatic imine (C=N–C) groups is 1. The predicted molar refractivity (Wildman–Crippen MR) is 121 cm³/mol. The van der Waals surface area contributed by atoms with E-state index in [1.165, 1.54) is 38.6 Å². The van der Waals surface area contributed by atoms with E-state index in [9.17, 15) is 0 Å². The minimum Gasteiger partial charge on any atom is -0.454 e. The van der Waals surface area contributed by atoms with Crippen molar-refractivity contribution in [2.75, 3.05) is 26.9 Å². The van der Waals surface area contributed by atoms with Crippen molar-refractivity contribution in [2.24, 2.45) is 4.99 Å². The van der Waals surface area contributed by atoms with Crippen molar-refractivity contribution in [3.8, 4) is 11.5 Å². The molecule has 0 spiro atoms. The molecule has 1 aromatic carbocycles. The lowest BCUT2D eigenvalue weighted by Crippen LogP contribution is -2.45. The van der Waals surface area contributed by atoms with E-state index in [1.807, 2.05) is 13.1 Å². The lowest BCUT2D eigenvalue weighted by molar-refractivity contribution is 0.173. The van der Waals surface area contributed by atoms with Gasteiger partial charge in [0.25, 0.3) is 0 Å². The molecule has 1 saturated heterocycles. The number of nitrogens with zero attached hydrogens (tertiary/aromatic N) is 2. The van der Waals surface area contributed by atoms with Crippen LogP contribution < -0.4 is 20.1 Å². The van der Waals surface area contributed by atoms with Gasteiger partial charge in [-0.05, 0) is 52.9 Å². The molecular formula is C19H28BrIN4O2. The van der Waals surface area contributed by atoms with Gasteiger partial charge in [0.05, 0.1) is 4.47 Å². The van der Waals surface area contributed by atoms with Crippen LogP contribution >= 0.6 is 39.9 Å². The summed E-state index contributed by atoms with van der Waals surface area (Å²) in [5.74, 6) is 2.44. The number of ether oxygens (including phenoxy) is 2. The minimum absolute atomic E-state index is 0. The van der Waals surface area contributed by atoms with E-state index in [0.29, 0.717) is 12.6 Å². The van der Waals surface area contributed by atoms with Crippen molar-refractivity contribution in [3.05, 3.63) is 22.2 Å². The molecule has 150 valence electrons. The number of nitrogens with one attached hydrogen (secondary N) is 2. The van der Waals surface area contributed by atoms with E-state index in [0.717, 1.165) is 40.1 Å². The summed E-state index contributed by atoms with van der Waals surface area (Å²) in [6.45, 7) is 3.30. The molecule has 1 saturated carbocycles. The first-order valence-corrected chi connectivity index (χ1v) is 10.3. The van der Waals surface area contributed by atoms with Gasteiger partial charge < -0.3 is 20.1 Å². The van der Waals surface area contributed by atoms with Crippen molar-refractivity contribution in [1.29, 1.82) is 0 Å². The Morgan fingerprint density at radius 3 is 2.85 bits per heavy atom. The summed E-state index contributed by atoms with van der Waals surface area (Å²) in [7, 11) is 1.83. The van der Waals surface area contributed by atoms with Gasteiger partial charge in [-0.15, -0.1) is 24.0 Å². The zero-order valence-corrected chi connectivity index (χ0v) is 19.6. The molecule has 6 nitrogen and oxygen atoms in total. The molecule has 2 aliphatic heterocycles. The maximum atomic E-state index is 5.49. The first-order chi connectivity index (χ1) is 12.7. The van der Waals surface area contributed by atoms with E-state index in [1.54, 1.807) is 0 Å². The summed E-state index contributed by atoms with van der Waals surface area (Å²) in [5.41, 5.74) is 1.13. The number of benzene rings is 1. The molecule has 0 amide bonds. The molecule has 2 fully saturated rings. The third kappa shape index (κ3) is 5.00. The highest BCUT2D eigenvalue weighted by molar-refractivity contribution is 14.0. The molecule has 8 heteroatoms. The average molecular weight is 551 g/mol. The summed E-state index contributed by atoms with van der Waals surface area (Å²) < 4.78 is 11.9. The highest BCUT2D eigenvalue weighted by Gasteiger charge is 2.30. The van der Waals surface area contributed by atoms with Crippen LogP contribution in [0.5, 0.6) is 11.5 Å². The summed E-state index contributed by atoms with van der Waals surface area (Å²) >= 11 is 3.55. The molecule has 0 radical (unpaired) electrons. The quantitative estimate of drug-likeness (QED) is 0.341. The van der Waals surface area contributed by atoms with Gasteiger partial charge in [-0.25, -0.2) is 0 Å². The topological polar surface area (TPSA) is 58.1 Å². The van der Waals surface area contributed by atoms with Crippen LogP contribution in [0.4, 0.5) is 0 Å². The number of likely N-dealkylation sites (tertiary alicyclic amines) is 1. The van der Waals surface area contributed by atoms with Crippen molar-refractivity contribution in [3.63, 3.8) is 0 Å². The van der Waals surface area contributed by atoms with E-state index in [-0.39, 0.29) is 30.8 Å². The smallest absolute Gasteiger partial charge is 0.231 e. The molecule has 3 aliphatic rings. The van der Waals surface area contributed by atoms with Crippen LogP contribution in [0.15, 0.2) is 21.6 Å². The maximum Gasteiger partial charge on any atom is 0.231 e.